The minimum atomic E-state index is -0.152. The number of anilines is 1. The molecule has 0 bridgehead atoms. The lowest BCUT2D eigenvalue weighted by molar-refractivity contribution is 0.174. The molecule has 3 rings (SSSR count). The maximum Gasteiger partial charge on any atom is 0.321 e. The summed E-state index contributed by atoms with van der Waals surface area (Å²) in [7, 11) is 1.78. The van der Waals surface area contributed by atoms with Gasteiger partial charge in [0.15, 0.2) is 11.5 Å². The lowest BCUT2D eigenvalue weighted by Crippen LogP contribution is -2.32. The van der Waals surface area contributed by atoms with E-state index in [1.165, 1.54) is 4.88 Å². The molecule has 0 radical (unpaired) electrons. The number of likely N-dealkylation sites (N-methyl/N-ethyl adjacent to an activating group) is 1. The average Bonchev–Trinajstić information content (AvgIpc) is 3.13. The quantitative estimate of drug-likeness (QED) is 0.941. The van der Waals surface area contributed by atoms with Crippen molar-refractivity contribution in [2.75, 3.05) is 25.7 Å². The Morgan fingerprint density at radius 2 is 2.23 bits per heavy atom. The molecule has 0 aliphatic carbocycles. The average molecular weight is 319 g/mol. The topological polar surface area (TPSA) is 63.7 Å². The summed E-state index contributed by atoms with van der Waals surface area (Å²) in [5.41, 5.74) is 3.56. The molecule has 6 nitrogen and oxygen atoms in total. The van der Waals surface area contributed by atoms with Gasteiger partial charge in [-0.3, -0.25) is 0 Å². The molecule has 116 valence electrons. The van der Waals surface area contributed by atoms with Gasteiger partial charge in [0.25, 0.3) is 0 Å². The molecule has 0 atom stereocenters. The van der Waals surface area contributed by atoms with Crippen molar-refractivity contribution in [2.24, 2.45) is 0 Å². The monoisotopic (exact) mass is 319 g/mol. The molecule has 2 amide bonds. The maximum absolute atomic E-state index is 12.2. The number of thiazole rings is 1. The van der Waals surface area contributed by atoms with Gasteiger partial charge in [-0.2, -0.15) is 0 Å². The Morgan fingerprint density at radius 3 is 3.00 bits per heavy atom. The number of rotatable bonds is 4. The van der Waals surface area contributed by atoms with Crippen LogP contribution in [0.3, 0.4) is 0 Å². The molecule has 1 aliphatic rings. The summed E-state index contributed by atoms with van der Waals surface area (Å²) in [6.45, 7) is 2.85. The van der Waals surface area contributed by atoms with Crippen molar-refractivity contribution in [3.63, 3.8) is 0 Å². The zero-order valence-corrected chi connectivity index (χ0v) is 13.3. The van der Waals surface area contributed by atoms with E-state index in [-0.39, 0.29) is 12.8 Å². The number of hydrogen-bond donors (Lipinski definition) is 1. The van der Waals surface area contributed by atoms with E-state index in [1.807, 2.05) is 12.4 Å². The normalized spacial score (nSPS) is 12.3. The van der Waals surface area contributed by atoms with E-state index in [9.17, 15) is 4.79 Å². The van der Waals surface area contributed by atoms with Crippen LogP contribution in [0.25, 0.3) is 0 Å². The second-order valence-corrected chi connectivity index (χ2v) is 5.97. The summed E-state index contributed by atoms with van der Waals surface area (Å²) in [6, 6.07) is 5.20. The van der Waals surface area contributed by atoms with Crippen molar-refractivity contribution in [3.8, 4) is 11.5 Å². The van der Waals surface area contributed by atoms with Crippen molar-refractivity contribution >= 4 is 23.1 Å². The summed E-state index contributed by atoms with van der Waals surface area (Å²) in [5.74, 6) is 1.35. The number of carbonyl (C=O) groups is 1. The SMILES string of the molecule is Cc1ncsc1CCN(C)C(=O)Nc1ccc2c(c1)OCO2. The smallest absolute Gasteiger partial charge is 0.321 e. The van der Waals surface area contributed by atoms with E-state index in [0.717, 1.165) is 12.1 Å². The molecule has 0 unspecified atom stereocenters. The van der Waals surface area contributed by atoms with Crippen LogP contribution in [0.4, 0.5) is 10.5 Å². The standard InChI is InChI=1S/C15H17N3O3S/c1-10-14(22-8-16-10)5-6-18(2)15(19)17-11-3-4-12-13(7-11)21-9-20-12/h3-4,7-8H,5-6,9H2,1-2H3,(H,17,19). The Bertz CT molecular complexity index is 686. The summed E-state index contributed by atoms with van der Waals surface area (Å²) in [6.07, 6.45) is 0.807. The van der Waals surface area contributed by atoms with Crippen molar-refractivity contribution in [3.05, 3.63) is 34.3 Å². The molecule has 1 N–H and O–H groups in total. The summed E-state index contributed by atoms with van der Waals surface area (Å²) >= 11 is 1.62. The summed E-state index contributed by atoms with van der Waals surface area (Å²) in [4.78, 5) is 19.3. The van der Waals surface area contributed by atoms with E-state index >= 15 is 0 Å². The van der Waals surface area contributed by atoms with Crippen molar-refractivity contribution < 1.29 is 14.3 Å². The molecule has 0 saturated carbocycles. The number of nitrogens with zero attached hydrogens (tertiary/aromatic N) is 2. The highest BCUT2D eigenvalue weighted by Crippen LogP contribution is 2.34. The number of aryl methyl sites for hydroxylation is 1. The molecule has 1 aromatic heterocycles. The second-order valence-electron chi connectivity index (χ2n) is 5.03. The zero-order chi connectivity index (χ0) is 15.5. The largest absolute Gasteiger partial charge is 0.454 e. The molecule has 2 aromatic rings. The number of carbonyl (C=O) groups excluding carboxylic acids is 1. The maximum atomic E-state index is 12.2. The Kier molecular flexibility index (Phi) is 4.15. The predicted molar refractivity (Wildman–Crippen MR) is 84.8 cm³/mol. The fourth-order valence-corrected chi connectivity index (χ4v) is 2.90. The first kappa shape index (κ1) is 14.6. The van der Waals surface area contributed by atoms with Crippen LogP contribution in [0.5, 0.6) is 11.5 Å². The first-order valence-corrected chi connectivity index (χ1v) is 7.82. The zero-order valence-electron chi connectivity index (χ0n) is 12.5. The fourth-order valence-electron chi connectivity index (χ4n) is 2.13. The molecule has 2 heterocycles. The highest BCUT2D eigenvalue weighted by Gasteiger charge is 2.15. The van der Waals surface area contributed by atoms with Crippen LogP contribution in [-0.4, -0.2) is 36.3 Å². The Hall–Kier alpha value is -2.28. The van der Waals surface area contributed by atoms with Crippen LogP contribution in [0.1, 0.15) is 10.6 Å². The lowest BCUT2D eigenvalue weighted by atomic mass is 10.3. The summed E-state index contributed by atoms with van der Waals surface area (Å²) < 4.78 is 10.5. The number of hydrogen-bond acceptors (Lipinski definition) is 5. The van der Waals surface area contributed by atoms with Crippen LogP contribution < -0.4 is 14.8 Å². The highest BCUT2D eigenvalue weighted by atomic mass is 32.1. The molecular formula is C15H17N3O3S. The van der Waals surface area contributed by atoms with Crippen LogP contribution >= 0.6 is 11.3 Å². The Morgan fingerprint density at radius 1 is 1.41 bits per heavy atom. The molecule has 1 aromatic carbocycles. The van der Waals surface area contributed by atoms with Gasteiger partial charge >= 0.3 is 6.03 Å². The second kappa shape index (κ2) is 6.23. The fraction of sp³-hybridized carbons (Fsp3) is 0.333. The molecule has 0 fully saturated rings. The van der Waals surface area contributed by atoms with Gasteiger partial charge in [-0.15, -0.1) is 11.3 Å². The van der Waals surface area contributed by atoms with Gasteiger partial charge in [0.05, 0.1) is 11.2 Å². The van der Waals surface area contributed by atoms with Crippen LogP contribution in [0.15, 0.2) is 23.7 Å². The predicted octanol–water partition coefficient (Wildman–Crippen LogP) is 2.89. The number of nitrogens with one attached hydrogen (secondary N) is 1. The number of ether oxygens (including phenoxy) is 2. The number of fused-ring (bicyclic) bond motifs is 1. The minimum absolute atomic E-state index is 0.152. The minimum Gasteiger partial charge on any atom is -0.454 e. The molecular weight excluding hydrogens is 302 g/mol. The third-order valence-electron chi connectivity index (χ3n) is 3.49. The number of benzene rings is 1. The van der Waals surface area contributed by atoms with Gasteiger partial charge in [-0.1, -0.05) is 0 Å². The third kappa shape index (κ3) is 3.14. The van der Waals surface area contributed by atoms with E-state index < -0.39 is 0 Å². The summed E-state index contributed by atoms with van der Waals surface area (Å²) in [5, 5.41) is 2.86. The van der Waals surface area contributed by atoms with Gasteiger partial charge in [0.2, 0.25) is 6.79 Å². The van der Waals surface area contributed by atoms with Crippen LogP contribution in [0.2, 0.25) is 0 Å². The van der Waals surface area contributed by atoms with Crippen molar-refractivity contribution in [1.29, 1.82) is 0 Å². The van der Waals surface area contributed by atoms with E-state index in [1.54, 1.807) is 41.5 Å². The Labute approximate surface area is 132 Å². The number of aromatic nitrogens is 1. The number of amides is 2. The van der Waals surface area contributed by atoms with Crippen LogP contribution in [-0.2, 0) is 6.42 Å². The van der Waals surface area contributed by atoms with Crippen molar-refractivity contribution in [1.82, 2.24) is 9.88 Å². The van der Waals surface area contributed by atoms with Gasteiger partial charge < -0.3 is 19.7 Å². The van der Waals surface area contributed by atoms with Gasteiger partial charge in [-0.05, 0) is 19.1 Å². The van der Waals surface area contributed by atoms with E-state index in [0.29, 0.717) is 23.7 Å². The molecule has 0 spiro atoms. The third-order valence-corrected chi connectivity index (χ3v) is 4.48. The first-order chi connectivity index (χ1) is 10.6. The van der Waals surface area contributed by atoms with E-state index in [2.05, 4.69) is 10.3 Å². The first-order valence-electron chi connectivity index (χ1n) is 6.94. The number of urea groups is 1. The van der Waals surface area contributed by atoms with Crippen molar-refractivity contribution in [2.45, 2.75) is 13.3 Å². The highest BCUT2D eigenvalue weighted by molar-refractivity contribution is 7.09. The van der Waals surface area contributed by atoms with E-state index in [4.69, 9.17) is 9.47 Å². The molecule has 0 saturated heterocycles. The van der Waals surface area contributed by atoms with Gasteiger partial charge in [-0.25, -0.2) is 9.78 Å². The Balaban J connectivity index is 1.56. The molecule has 22 heavy (non-hydrogen) atoms. The van der Waals surface area contributed by atoms with Crippen LogP contribution in [0, 0.1) is 6.92 Å². The molecule has 7 heteroatoms. The molecule has 1 aliphatic heterocycles. The lowest BCUT2D eigenvalue weighted by Gasteiger charge is -2.17. The van der Waals surface area contributed by atoms with Gasteiger partial charge in [0.1, 0.15) is 0 Å². The van der Waals surface area contributed by atoms with Gasteiger partial charge in [0, 0.05) is 36.6 Å².